The summed E-state index contributed by atoms with van der Waals surface area (Å²) >= 11 is 0. The Labute approximate surface area is 72.1 Å². The molecule has 1 fully saturated rings. The SMILES string of the molecule is COC(=O)CC1CCC(F)CC1. The molecule has 70 valence electrons. The second-order valence-electron chi connectivity index (χ2n) is 3.40. The fourth-order valence-corrected chi connectivity index (χ4v) is 1.64. The molecule has 0 aromatic heterocycles. The van der Waals surface area contributed by atoms with Gasteiger partial charge in [-0.1, -0.05) is 0 Å². The minimum Gasteiger partial charge on any atom is -0.469 e. The van der Waals surface area contributed by atoms with Crippen LogP contribution in [0.25, 0.3) is 0 Å². The zero-order valence-electron chi connectivity index (χ0n) is 7.38. The lowest BCUT2D eigenvalue weighted by Gasteiger charge is -2.22. The molecule has 0 amide bonds. The number of rotatable bonds is 2. The maximum Gasteiger partial charge on any atom is 0.305 e. The van der Waals surface area contributed by atoms with E-state index in [1.807, 2.05) is 0 Å². The van der Waals surface area contributed by atoms with Crippen molar-refractivity contribution >= 4 is 5.97 Å². The monoisotopic (exact) mass is 174 g/mol. The van der Waals surface area contributed by atoms with Crippen LogP contribution in [0, 0.1) is 5.92 Å². The molecular formula is C9H15FO2. The first kappa shape index (κ1) is 9.49. The van der Waals surface area contributed by atoms with Gasteiger partial charge in [-0.05, 0) is 31.6 Å². The molecule has 1 aliphatic rings. The zero-order valence-corrected chi connectivity index (χ0v) is 7.38. The summed E-state index contributed by atoms with van der Waals surface area (Å²) in [4.78, 5) is 10.8. The van der Waals surface area contributed by atoms with Gasteiger partial charge in [-0.25, -0.2) is 4.39 Å². The lowest BCUT2D eigenvalue weighted by atomic mass is 9.86. The first-order valence-electron chi connectivity index (χ1n) is 4.43. The summed E-state index contributed by atoms with van der Waals surface area (Å²) in [6, 6.07) is 0. The van der Waals surface area contributed by atoms with E-state index in [-0.39, 0.29) is 5.97 Å². The molecule has 0 aromatic rings. The van der Waals surface area contributed by atoms with Crippen LogP contribution >= 0.6 is 0 Å². The van der Waals surface area contributed by atoms with Gasteiger partial charge in [-0.3, -0.25) is 4.79 Å². The molecule has 0 radical (unpaired) electrons. The van der Waals surface area contributed by atoms with Crippen molar-refractivity contribution in [3.8, 4) is 0 Å². The third-order valence-electron chi connectivity index (χ3n) is 2.46. The van der Waals surface area contributed by atoms with Crippen LogP contribution in [0.15, 0.2) is 0 Å². The van der Waals surface area contributed by atoms with Crippen molar-refractivity contribution in [3.05, 3.63) is 0 Å². The molecule has 0 heterocycles. The maximum atomic E-state index is 12.7. The van der Waals surface area contributed by atoms with Crippen LogP contribution in [0.2, 0.25) is 0 Å². The molecule has 2 nitrogen and oxygen atoms in total. The Morgan fingerprint density at radius 1 is 1.42 bits per heavy atom. The number of esters is 1. The summed E-state index contributed by atoms with van der Waals surface area (Å²) in [6.07, 6.45) is 2.71. The van der Waals surface area contributed by atoms with Crippen molar-refractivity contribution in [2.24, 2.45) is 5.92 Å². The van der Waals surface area contributed by atoms with E-state index in [4.69, 9.17) is 0 Å². The zero-order chi connectivity index (χ0) is 8.97. The Morgan fingerprint density at radius 3 is 2.50 bits per heavy atom. The molecular weight excluding hydrogens is 159 g/mol. The summed E-state index contributed by atoms with van der Waals surface area (Å²) in [5, 5.41) is 0. The molecule has 0 atom stereocenters. The van der Waals surface area contributed by atoms with E-state index in [0.29, 0.717) is 25.2 Å². The van der Waals surface area contributed by atoms with Gasteiger partial charge >= 0.3 is 5.97 Å². The molecule has 0 aliphatic heterocycles. The van der Waals surface area contributed by atoms with Gasteiger partial charge in [-0.15, -0.1) is 0 Å². The van der Waals surface area contributed by atoms with E-state index in [0.717, 1.165) is 12.8 Å². The summed E-state index contributed by atoms with van der Waals surface area (Å²) in [7, 11) is 1.39. The highest BCUT2D eigenvalue weighted by Crippen LogP contribution is 2.28. The van der Waals surface area contributed by atoms with Crippen LogP contribution in [-0.2, 0) is 9.53 Å². The number of ether oxygens (including phenoxy) is 1. The Hall–Kier alpha value is -0.600. The van der Waals surface area contributed by atoms with Gasteiger partial charge in [0.1, 0.15) is 6.17 Å². The maximum absolute atomic E-state index is 12.7. The number of hydrogen-bond donors (Lipinski definition) is 0. The molecule has 0 aromatic carbocycles. The third kappa shape index (κ3) is 2.80. The van der Waals surface area contributed by atoms with Gasteiger partial charge in [0.15, 0.2) is 0 Å². The second kappa shape index (κ2) is 4.43. The molecule has 0 bridgehead atoms. The van der Waals surface area contributed by atoms with E-state index in [1.54, 1.807) is 0 Å². The Bertz CT molecular complexity index is 151. The number of hydrogen-bond acceptors (Lipinski definition) is 2. The van der Waals surface area contributed by atoms with Crippen LogP contribution < -0.4 is 0 Å². The van der Waals surface area contributed by atoms with Crippen molar-refractivity contribution < 1.29 is 13.9 Å². The van der Waals surface area contributed by atoms with Crippen molar-refractivity contribution in [3.63, 3.8) is 0 Å². The number of carbonyl (C=O) groups excluding carboxylic acids is 1. The number of carbonyl (C=O) groups is 1. The van der Waals surface area contributed by atoms with E-state index in [9.17, 15) is 9.18 Å². The first-order valence-corrected chi connectivity index (χ1v) is 4.43. The van der Waals surface area contributed by atoms with Crippen LogP contribution in [0.3, 0.4) is 0 Å². The fraction of sp³-hybridized carbons (Fsp3) is 0.889. The topological polar surface area (TPSA) is 26.3 Å². The number of methoxy groups -OCH3 is 1. The van der Waals surface area contributed by atoms with E-state index in [2.05, 4.69) is 4.74 Å². The third-order valence-corrected chi connectivity index (χ3v) is 2.46. The molecule has 0 N–H and O–H groups in total. The Kier molecular flexibility index (Phi) is 3.50. The van der Waals surface area contributed by atoms with Crippen molar-refractivity contribution in [2.75, 3.05) is 7.11 Å². The summed E-state index contributed by atoms with van der Waals surface area (Å²) < 4.78 is 17.2. The van der Waals surface area contributed by atoms with Gasteiger partial charge in [-0.2, -0.15) is 0 Å². The van der Waals surface area contributed by atoms with Crippen LogP contribution in [0.4, 0.5) is 4.39 Å². The highest BCUT2D eigenvalue weighted by atomic mass is 19.1. The summed E-state index contributed by atoms with van der Waals surface area (Å²) in [5.74, 6) is 0.182. The molecule has 12 heavy (non-hydrogen) atoms. The average Bonchev–Trinajstić information content (AvgIpc) is 2.09. The predicted molar refractivity (Wildman–Crippen MR) is 43.5 cm³/mol. The first-order chi connectivity index (χ1) is 5.72. The van der Waals surface area contributed by atoms with Gasteiger partial charge in [0.25, 0.3) is 0 Å². The second-order valence-corrected chi connectivity index (χ2v) is 3.40. The van der Waals surface area contributed by atoms with Crippen molar-refractivity contribution in [1.82, 2.24) is 0 Å². The van der Waals surface area contributed by atoms with Crippen molar-refractivity contribution in [2.45, 2.75) is 38.3 Å². The quantitative estimate of drug-likeness (QED) is 0.599. The average molecular weight is 174 g/mol. The lowest BCUT2D eigenvalue weighted by Crippen LogP contribution is -2.18. The predicted octanol–water partition coefficient (Wildman–Crippen LogP) is 2.08. The highest BCUT2D eigenvalue weighted by molar-refractivity contribution is 5.69. The molecule has 1 saturated carbocycles. The summed E-state index contributed by atoms with van der Waals surface area (Å²) in [6.45, 7) is 0. The Morgan fingerprint density at radius 2 is 2.00 bits per heavy atom. The van der Waals surface area contributed by atoms with Gasteiger partial charge in [0.2, 0.25) is 0 Å². The fourth-order valence-electron chi connectivity index (χ4n) is 1.64. The largest absolute Gasteiger partial charge is 0.469 e. The Balaban J connectivity index is 2.21. The highest BCUT2D eigenvalue weighted by Gasteiger charge is 2.22. The lowest BCUT2D eigenvalue weighted by molar-refractivity contribution is -0.142. The minimum atomic E-state index is -0.640. The van der Waals surface area contributed by atoms with E-state index in [1.165, 1.54) is 7.11 Å². The smallest absolute Gasteiger partial charge is 0.305 e. The standard InChI is InChI=1S/C9H15FO2/c1-12-9(11)6-7-2-4-8(10)5-3-7/h7-8H,2-6H2,1H3. The molecule has 0 saturated heterocycles. The minimum absolute atomic E-state index is 0.169. The molecule has 3 heteroatoms. The van der Waals surface area contributed by atoms with E-state index < -0.39 is 6.17 Å². The molecule has 1 aliphatic carbocycles. The molecule has 0 unspecified atom stereocenters. The van der Waals surface area contributed by atoms with Crippen molar-refractivity contribution in [1.29, 1.82) is 0 Å². The molecule has 1 rings (SSSR count). The molecule has 0 spiro atoms. The van der Waals surface area contributed by atoms with Gasteiger partial charge < -0.3 is 4.74 Å². The van der Waals surface area contributed by atoms with E-state index >= 15 is 0 Å². The van der Waals surface area contributed by atoms with Gasteiger partial charge in [0, 0.05) is 6.42 Å². The van der Waals surface area contributed by atoms with Gasteiger partial charge in [0.05, 0.1) is 7.11 Å². The summed E-state index contributed by atoms with van der Waals surface area (Å²) in [5.41, 5.74) is 0. The van der Waals surface area contributed by atoms with Crippen LogP contribution in [0.5, 0.6) is 0 Å². The number of alkyl halides is 1. The number of halogens is 1. The van der Waals surface area contributed by atoms with Crippen LogP contribution in [-0.4, -0.2) is 19.3 Å². The van der Waals surface area contributed by atoms with Crippen LogP contribution in [0.1, 0.15) is 32.1 Å². The normalized spacial score (nSPS) is 29.8.